The molecule has 44 heavy (non-hydrogen) atoms. The fraction of sp³-hybridized carbons (Fsp3) is 0.121. The number of hydrogen-bond donors (Lipinski definition) is 1. The SMILES string of the molecule is O=C(c1ccccc1)c1ccc(NC(=O)[C@H]2[C@@H](c3ccc(Cl)c(Cl)c3)OC3(C(=O)c4ccccc4C3=O)[C@H]2C(=O)[O-])cc1.[Na+]. The fourth-order valence-corrected chi connectivity index (χ4v) is 6.11. The Hall–Kier alpha value is -3.63. The first-order valence-corrected chi connectivity index (χ1v) is 13.9. The largest absolute Gasteiger partial charge is 1.00 e. The van der Waals surface area contributed by atoms with Crippen molar-refractivity contribution < 1.29 is 63.4 Å². The number of carbonyl (C=O) groups is 5. The van der Waals surface area contributed by atoms with Crippen molar-refractivity contribution in [3.63, 3.8) is 0 Å². The van der Waals surface area contributed by atoms with Crippen molar-refractivity contribution in [2.24, 2.45) is 11.8 Å². The molecule has 1 aliphatic carbocycles. The molecule has 3 atom stereocenters. The summed E-state index contributed by atoms with van der Waals surface area (Å²) in [4.78, 5) is 66.9. The van der Waals surface area contributed by atoms with Gasteiger partial charge in [-0.2, -0.15) is 0 Å². The number of ketones is 3. The van der Waals surface area contributed by atoms with E-state index in [1.165, 1.54) is 54.6 Å². The minimum absolute atomic E-state index is 0. The van der Waals surface area contributed by atoms with Gasteiger partial charge in [-0.15, -0.1) is 0 Å². The molecular formula is C33H20Cl2NNaO7. The molecule has 4 aromatic carbocycles. The molecule has 1 spiro atoms. The maximum atomic E-state index is 13.9. The van der Waals surface area contributed by atoms with Gasteiger partial charge in [-0.3, -0.25) is 19.2 Å². The van der Waals surface area contributed by atoms with E-state index in [1.54, 1.807) is 42.5 Å². The summed E-state index contributed by atoms with van der Waals surface area (Å²) in [5.74, 6) is -8.20. The molecule has 1 N–H and O–H groups in total. The van der Waals surface area contributed by atoms with Crippen LogP contribution in [0.3, 0.4) is 0 Å². The van der Waals surface area contributed by atoms with Crippen LogP contribution in [0.25, 0.3) is 0 Å². The molecule has 0 bridgehead atoms. The second-order valence-corrected chi connectivity index (χ2v) is 11.1. The van der Waals surface area contributed by atoms with Gasteiger partial charge in [0.15, 0.2) is 5.78 Å². The predicted octanol–water partition coefficient (Wildman–Crippen LogP) is 1.74. The summed E-state index contributed by atoms with van der Waals surface area (Å²) in [6, 6.07) is 24.9. The first-order chi connectivity index (χ1) is 20.6. The van der Waals surface area contributed by atoms with E-state index >= 15 is 0 Å². The Labute approximate surface area is 283 Å². The normalized spacial score (nSPS) is 19.7. The number of rotatable bonds is 6. The number of anilines is 1. The minimum Gasteiger partial charge on any atom is -0.550 e. The number of nitrogens with one attached hydrogen (secondary N) is 1. The van der Waals surface area contributed by atoms with Crippen molar-refractivity contribution in [2.45, 2.75) is 11.7 Å². The van der Waals surface area contributed by atoms with Crippen molar-refractivity contribution in [1.29, 1.82) is 0 Å². The predicted molar refractivity (Wildman–Crippen MR) is 155 cm³/mol. The topological polar surface area (TPSA) is 130 Å². The van der Waals surface area contributed by atoms with Crippen LogP contribution in [0.5, 0.6) is 0 Å². The number of halogens is 2. The van der Waals surface area contributed by atoms with Crippen LogP contribution in [0.15, 0.2) is 97.1 Å². The van der Waals surface area contributed by atoms with Gasteiger partial charge in [0.1, 0.15) is 0 Å². The molecule has 1 fully saturated rings. The molecular weight excluding hydrogens is 616 g/mol. The molecule has 6 rings (SSSR count). The molecule has 214 valence electrons. The number of hydrogen-bond acceptors (Lipinski definition) is 7. The van der Waals surface area contributed by atoms with Gasteiger partial charge in [0.2, 0.25) is 23.1 Å². The van der Waals surface area contributed by atoms with Crippen LogP contribution in [0, 0.1) is 11.8 Å². The van der Waals surface area contributed by atoms with E-state index in [1.807, 2.05) is 0 Å². The quantitative estimate of drug-likeness (QED) is 0.194. The molecule has 0 aromatic heterocycles. The zero-order chi connectivity index (χ0) is 30.5. The Morgan fingerprint density at radius 2 is 1.32 bits per heavy atom. The van der Waals surface area contributed by atoms with Gasteiger partial charge in [0.05, 0.1) is 28.0 Å². The Kier molecular flexibility index (Phi) is 8.96. The number of benzene rings is 4. The van der Waals surface area contributed by atoms with E-state index < -0.39 is 47.0 Å². The average Bonchev–Trinajstić information content (AvgIpc) is 3.49. The summed E-state index contributed by atoms with van der Waals surface area (Å²) < 4.78 is 6.12. The van der Waals surface area contributed by atoms with E-state index in [2.05, 4.69) is 5.32 Å². The molecule has 1 amide bonds. The minimum atomic E-state index is -2.53. The van der Waals surface area contributed by atoms with E-state index in [0.29, 0.717) is 11.1 Å². The number of Topliss-reactive ketones (excluding diaryl/α,β-unsaturated/α-hetero) is 2. The monoisotopic (exact) mass is 635 g/mol. The van der Waals surface area contributed by atoms with Crippen LogP contribution in [0.1, 0.15) is 48.3 Å². The van der Waals surface area contributed by atoms with Crippen LogP contribution in [-0.4, -0.2) is 34.8 Å². The Morgan fingerprint density at radius 3 is 1.89 bits per heavy atom. The van der Waals surface area contributed by atoms with Gasteiger partial charge in [-0.25, -0.2) is 0 Å². The van der Waals surface area contributed by atoms with Crippen molar-refractivity contribution in [1.82, 2.24) is 0 Å². The van der Waals surface area contributed by atoms with Crippen molar-refractivity contribution in [2.75, 3.05) is 5.32 Å². The standard InChI is InChI=1S/C33H21Cl2NO7.Na/c34-23-15-12-19(16-24(23)35)28-25(26(32(41)42)33(43-28)29(38)21-8-4-5-9-22(21)30(33)39)31(40)36-20-13-10-18(11-14-20)27(37)17-6-2-1-3-7-17;/h1-16,25-26,28H,(H,36,40)(H,41,42);/q;+1/p-1/t25-,26-,28-;/m1./s1. The second kappa shape index (κ2) is 12.4. The average molecular weight is 636 g/mol. The number of aliphatic carboxylic acids is 1. The Bertz CT molecular complexity index is 1790. The summed E-state index contributed by atoms with van der Waals surface area (Å²) in [5.41, 5.74) is -1.22. The molecule has 4 aromatic rings. The number of amides is 1. The first-order valence-electron chi connectivity index (χ1n) is 13.2. The van der Waals surface area contributed by atoms with E-state index in [0.717, 1.165) is 0 Å². The molecule has 0 radical (unpaired) electrons. The molecule has 1 saturated heterocycles. The maximum Gasteiger partial charge on any atom is 1.00 e. The third-order valence-corrected chi connectivity index (χ3v) is 8.55. The molecule has 1 aliphatic heterocycles. The summed E-state index contributed by atoms with van der Waals surface area (Å²) in [6.45, 7) is 0. The number of ether oxygens (including phenoxy) is 1. The van der Waals surface area contributed by atoms with Crippen LogP contribution in [-0.2, 0) is 14.3 Å². The fourth-order valence-electron chi connectivity index (χ4n) is 5.80. The summed E-state index contributed by atoms with van der Waals surface area (Å²) in [7, 11) is 0. The van der Waals surface area contributed by atoms with E-state index in [9.17, 15) is 29.1 Å². The van der Waals surface area contributed by atoms with Crippen LogP contribution < -0.4 is 40.0 Å². The number of carboxylic acid groups (broad SMARTS) is 1. The van der Waals surface area contributed by atoms with Gasteiger partial charge in [-0.1, -0.05) is 83.9 Å². The zero-order valence-corrected chi connectivity index (χ0v) is 26.6. The zero-order valence-electron chi connectivity index (χ0n) is 23.1. The molecule has 0 saturated carbocycles. The van der Waals surface area contributed by atoms with E-state index in [-0.39, 0.29) is 67.8 Å². The van der Waals surface area contributed by atoms with Crippen molar-refractivity contribution in [3.8, 4) is 0 Å². The van der Waals surface area contributed by atoms with Crippen LogP contribution >= 0.6 is 23.2 Å². The molecule has 1 heterocycles. The summed E-state index contributed by atoms with van der Waals surface area (Å²) in [5, 5.41) is 15.7. The maximum absolute atomic E-state index is 13.9. The number of carboxylic acids is 1. The van der Waals surface area contributed by atoms with Crippen molar-refractivity contribution in [3.05, 3.63) is 135 Å². The van der Waals surface area contributed by atoms with Crippen molar-refractivity contribution >= 4 is 58.1 Å². The summed E-state index contributed by atoms with van der Waals surface area (Å²) in [6.07, 6.45) is -1.39. The molecule has 2 aliphatic rings. The van der Waals surface area contributed by atoms with Gasteiger partial charge < -0.3 is 20.0 Å². The van der Waals surface area contributed by atoms with E-state index in [4.69, 9.17) is 27.9 Å². The first kappa shape index (κ1) is 31.8. The molecule has 11 heteroatoms. The van der Waals surface area contributed by atoms with Gasteiger partial charge >= 0.3 is 29.6 Å². The number of fused-ring (bicyclic) bond motifs is 1. The Morgan fingerprint density at radius 1 is 0.750 bits per heavy atom. The smallest absolute Gasteiger partial charge is 0.550 e. The van der Waals surface area contributed by atoms with Gasteiger partial charge in [0, 0.05) is 33.9 Å². The number of carbonyl (C=O) groups excluding carboxylic acids is 5. The second-order valence-electron chi connectivity index (χ2n) is 10.2. The van der Waals surface area contributed by atoms with Crippen LogP contribution in [0.4, 0.5) is 5.69 Å². The van der Waals surface area contributed by atoms with Gasteiger partial charge in [0.25, 0.3) is 0 Å². The molecule has 0 unspecified atom stereocenters. The van der Waals surface area contributed by atoms with Gasteiger partial charge in [-0.05, 0) is 42.0 Å². The summed E-state index contributed by atoms with van der Waals surface area (Å²) >= 11 is 12.3. The third kappa shape index (κ3) is 5.21. The van der Waals surface area contributed by atoms with Crippen LogP contribution in [0.2, 0.25) is 10.0 Å². The Balaban J connectivity index is 0.00000384. The molecule has 8 nitrogen and oxygen atoms in total. The third-order valence-electron chi connectivity index (χ3n) is 7.81.